The first-order chi connectivity index (χ1) is 9.36. The van der Waals surface area contributed by atoms with Crippen LogP contribution in [0.4, 0.5) is 0 Å². The number of thioether (sulfide) groups is 1. The van der Waals surface area contributed by atoms with Gasteiger partial charge in [0.1, 0.15) is 0 Å². The maximum Gasteiger partial charge on any atom is 0.328 e. The van der Waals surface area contributed by atoms with Crippen molar-refractivity contribution in [1.82, 2.24) is 4.72 Å². The van der Waals surface area contributed by atoms with Gasteiger partial charge in [-0.05, 0) is 36.4 Å². The predicted molar refractivity (Wildman–Crippen MR) is 81.4 cm³/mol. The topological polar surface area (TPSA) is 83.5 Å². The van der Waals surface area contributed by atoms with Crippen LogP contribution in [0.25, 0.3) is 6.08 Å². The van der Waals surface area contributed by atoms with Crippen LogP contribution in [-0.2, 0) is 14.8 Å². The minimum Gasteiger partial charge on any atom is -0.478 e. The molecular formula is C13H17NO4S2. The minimum atomic E-state index is -3.57. The lowest BCUT2D eigenvalue weighted by Gasteiger charge is -2.09. The van der Waals surface area contributed by atoms with Crippen molar-refractivity contribution in [2.45, 2.75) is 11.8 Å². The summed E-state index contributed by atoms with van der Waals surface area (Å²) in [5.41, 5.74) is 1.15. The monoisotopic (exact) mass is 315 g/mol. The number of sulfonamides is 1. The standard InChI is InChI=1S/C13H17NO4S2/c1-10-3-4-11(5-6-13(15)16)9-12(10)20(17,18)14-7-8-19-2/h3-6,9,14H,7-8H2,1-2H3,(H,15,16). The molecule has 0 unspecified atom stereocenters. The summed E-state index contributed by atoms with van der Waals surface area (Å²) in [5, 5.41) is 8.58. The smallest absolute Gasteiger partial charge is 0.328 e. The van der Waals surface area contributed by atoms with Crippen LogP contribution in [0.15, 0.2) is 29.2 Å². The lowest BCUT2D eigenvalue weighted by molar-refractivity contribution is -0.131. The van der Waals surface area contributed by atoms with Crippen LogP contribution < -0.4 is 4.72 Å². The van der Waals surface area contributed by atoms with Crippen molar-refractivity contribution in [2.24, 2.45) is 0 Å². The first kappa shape index (κ1) is 16.7. The average Bonchev–Trinajstić information content (AvgIpc) is 2.37. The molecule has 20 heavy (non-hydrogen) atoms. The molecule has 0 bridgehead atoms. The van der Waals surface area contributed by atoms with E-state index < -0.39 is 16.0 Å². The van der Waals surface area contributed by atoms with Crippen LogP contribution in [-0.4, -0.2) is 38.0 Å². The molecule has 0 saturated carbocycles. The van der Waals surface area contributed by atoms with Crippen LogP contribution in [0.3, 0.4) is 0 Å². The highest BCUT2D eigenvalue weighted by Crippen LogP contribution is 2.18. The van der Waals surface area contributed by atoms with E-state index in [4.69, 9.17) is 5.11 Å². The number of carbonyl (C=O) groups is 1. The third-order valence-corrected chi connectivity index (χ3v) is 4.73. The highest BCUT2D eigenvalue weighted by molar-refractivity contribution is 7.98. The van der Waals surface area contributed by atoms with E-state index >= 15 is 0 Å². The Morgan fingerprint density at radius 1 is 1.45 bits per heavy atom. The Hall–Kier alpha value is -1.31. The van der Waals surface area contributed by atoms with E-state index in [9.17, 15) is 13.2 Å². The molecule has 0 aliphatic heterocycles. The number of nitrogens with one attached hydrogen (secondary N) is 1. The summed E-state index contributed by atoms with van der Waals surface area (Å²) in [6, 6.07) is 4.80. The zero-order valence-corrected chi connectivity index (χ0v) is 12.9. The van der Waals surface area contributed by atoms with Gasteiger partial charge in [-0.25, -0.2) is 17.9 Å². The summed E-state index contributed by atoms with van der Waals surface area (Å²) >= 11 is 1.55. The molecule has 0 aliphatic carbocycles. The number of aryl methyl sites for hydroxylation is 1. The Bertz CT molecular complexity index is 609. The van der Waals surface area contributed by atoms with E-state index in [0.29, 0.717) is 23.4 Å². The van der Waals surface area contributed by atoms with Gasteiger partial charge < -0.3 is 5.11 Å². The van der Waals surface area contributed by atoms with Gasteiger partial charge in [0.25, 0.3) is 0 Å². The molecule has 0 radical (unpaired) electrons. The first-order valence-electron chi connectivity index (χ1n) is 5.87. The molecule has 0 heterocycles. The Morgan fingerprint density at radius 2 is 2.15 bits per heavy atom. The lowest BCUT2D eigenvalue weighted by atomic mass is 10.1. The Balaban J connectivity index is 3.04. The molecular weight excluding hydrogens is 298 g/mol. The predicted octanol–water partition coefficient (Wildman–Crippen LogP) is 1.73. The molecule has 0 aliphatic rings. The van der Waals surface area contributed by atoms with Crippen molar-refractivity contribution in [3.8, 4) is 0 Å². The minimum absolute atomic E-state index is 0.172. The van der Waals surface area contributed by atoms with Gasteiger partial charge in [-0.3, -0.25) is 0 Å². The SMILES string of the molecule is CSCCNS(=O)(=O)c1cc(C=CC(=O)O)ccc1C. The molecule has 1 rings (SSSR count). The number of benzene rings is 1. The van der Waals surface area contributed by atoms with Crippen LogP contribution >= 0.6 is 11.8 Å². The summed E-state index contributed by atoms with van der Waals surface area (Å²) in [6.45, 7) is 2.06. The average molecular weight is 315 g/mol. The van der Waals surface area contributed by atoms with Crippen molar-refractivity contribution in [1.29, 1.82) is 0 Å². The van der Waals surface area contributed by atoms with Crippen LogP contribution in [0, 0.1) is 6.92 Å². The van der Waals surface area contributed by atoms with Gasteiger partial charge >= 0.3 is 5.97 Å². The maximum absolute atomic E-state index is 12.2. The molecule has 0 spiro atoms. The van der Waals surface area contributed by atoms with Crippen LogP contribution in [0.1, 0.15) is 11.1 Å². The molecule has 0 saturated heterocycles. The van der Waals surface area contributed by atoms with Crippen molar-refractivity contribution in [3.05, 3.63) is 35.4 Å². The Labute approximate surface area is 123 Å². The van der Waals surface area contributed by atoms with E-state index in [2.05, 4.69) is 4.72 Å². The first-order valence-corrected chi connectivity index (χ1v) is 8.75. The Morgan fingerprint density at radius 3 is 2.75 bits per heavy atom. The third kappa shape index (κ3) is 4.99. The fourth-order valence-electron chi connectivity index (χ4n) is 1.53. The van der Waals surface area contributed by atoms with Crippen molar-refractivity contribution in [3.63, 3.8) is 0 Å². The normalized spacial score (nSPS) is 11.9. The summed E-state index contributed by atoms with van der Waals surface area (Å²) in [6.07, 6.45) is 4.24. The lowest BCUT2D eigenvalue weighted by Crippen LogP contribution is -2.26. The molecule has 1 aromatic carbocycles. The second-order valence-electron chi connectivity index (χ2n) is 4.09. The molecule has 0 fully saturated rings. The highest BCUT2D eigenvalue weighted by Gasteiger charge is 2.16. The number of hydrogen-bond acceptors (Lipinski definition) is 4. The molecule has 110 valence electrons. The molecule has 1 aromatic rings. The van der Waals surface area contributed by atoms with E-state index in [-0.39, 0.29) is 4.90 Å². The molecule has 0 aromatic heterocycles. The third-order valence-electron chi connectivity index (χ3n) is 2.52. The van der Waals surface area contributed by atoms with E-state index in [1.54, 1.807) is 30.8 Å². The van der Waals surface area contributed by atoms with Gasteiger partial charge in [0.05, 0.1) is 4.90 Å². The quantitative estimate of drug-likeness (QED) is 0.591. The number of carboxylic acids is 1. The highest BCUT2D eigenvalue weighted by atomic mass is 32.2. The largest absolute Gasteiger partial charge is 0.478 e. The van der Waals surface area contributed by atoms with Gasteiger partial charge in [-0.15, -0.1) is 0 Å². The van der Waals surface area contributed by atoms with E-state index in [1.165, 1.54) is 12.1 Å². The fourth-order valence-corrected chi connectivity index (χ4v) is 3.28. The van der Waals surface area contributed by atoms with Crippen molar-refractivity contribution >= 4 is 33.8 Å². The number of hydrogen-bond donors (Lipinski definition) is 2. The van der Waals surface area contributed by atoms with Crippen molar-refractivity contribution in [2.75, 3.05) is 18.6 Å². The summed E-state index contributed by atoms with van der Waals surface area (Å²) in [7, 11) is -3.57. The van der Waals surface area contributed by atoms with E-state index in [1.807, 2.05) is 6.26 Å². The molecule has 0 atom stereocenters. The van der Waals surface area contributed by atoms with Crippen LogP contribution in [0.2, 0.25) is 0 Å². The molecule has 2 N–H and O–H groups in total. The van der Waals surface area contributed by atoms with Gasteiger partial charge in [0.2, 0.25) is 10.0 Å². The van der Waals surface area contributed by atoms with E-state index in [0.717, 1.165) is 6.08 Å². The second kappa shape index (κ2) is 7.47. The van der Waals surface area contributed by atoms with Crippen molar-refractivity contribution < 1.29 is 18.3 Å². The molecule has 7 heteroatoms. The van der Waals surface area contributed by atoms with Gasteiger partial charge in [-0.2, -0.15) is 11.8 Å². The summed E-state index contributed by atoms with van der Waals surface area (Å²) in [5.74, 6) is -0.384. The zero-order chi connectivity index (χ0) is 15.2. The summed E-state index contributed by atoms with van der Waals surface area (Å²) < 4.78 is 26.8. The molecule has 0 amide bonds. The number of aliphatic carboxylic acids is 1. The van der Waals surface area contributed by atoms with Gasteiger partial charge in [0, 0.05) is 18.4 Å². The second-order valence-corrected chi connectivity index (χ2v) is 6.81. The maximum atomic E-state index is 12.2. The zero-order valence-electron chi connectivity index (χ0n) is 11.3. The summed E-state index contributed by atoms with van der Waals surface area (Å²) in [4.78, 5) is 10.6. The Kier molecular flexibility index (Phi) is 6.25. The molecule has 5 nitrogen and oxygen atoms in total. The number of carboxylic acid groups (broad SMARTS) is 1. The fraction of sp³-hybridized carbons (Fsp3) is 0.308. The number of rotatable bonds is 7. The van der Waals surface area contributed by atoms with Crippen LogP contribution in [0.5, 0.6) is 0 Å². The van der Waals surface area contributed by atoms with Gasteiger partial charge in [0.15, 0.2) is 0 Å². The van der Waals surface area contributed by atoms with Gasteiger partial charge in [-0.1, -0.05) is 12.1 Å².